The molecule has 0 radical (unpaired) electrons. The van der Waals surface area contributed by atoms with Gasteiger partial charge >= 0.3 is 0 Å². The van der Waals surface area contributed by atoms with Gasteiger partial charge in [0.15, 0.2) is 0 Å². The summed E-state index contributed by atoms with van der Waals surface area (Å²) < 4.78 is 0. The standard InChI is InChI=1S/C16H25ClN2/c1-12-6-4-8-14(10-12)19(3)16-13(11-18-2)7-5-9-15(16)17/h5,7,9,12,14,18H,4,6,8,10-11H2,1-3H3. The van der Waals surface area contributed by atoms with Crippen LogP contribution in [-0.4, -0.2) is 20.1 Å². The topological polar surface area (TPSA) is 15.3 Å². The number of rotatable bonds is 4. The molecule has 0 saturated heterocycles. The Bertz CT molecular complexity index is 419. The molecule has 0 heterocycles. The smallest absolute Gasteiger partial charge is 0.0642 e. The number of hydrogen-bond donors (Lipinski definition) is 1. The molecule has 1 aliphatic carbocycles. The van der Waals surface area contributed by atoms with Crippen LogP contribution in [-0.2, 0) is 6.54 Å². The summed E-state index contributed by atoms with van der Waals surface area (Å²) in [5, 5.41) is 4.10. The zero-order valence-corrected chi connectivity index (χ0v) is 13.0. The lowest BCUT2D eigenvalue weighted by Gasteiger charge is -2.37. The van der Waals surface area contributed by atoms with E-state index >= 15 is 0 Å². The molecule has 0 spiro atoms. The second kappa shape index (κ2) is 6.62. The minimum absolute atomic E-state index is 0.624. The van der Waals surface area contributed by atoms with Crippen LogP contribution < -0.4 is 10.2 Å². The van der Waals surface area contributed by atoms with Crippen molar-refractivity contribution in [3.05, 3.63) is 28.8 Å². The summed E-state index contributed by atoms with van der Waals surface area (Å²) in [5.41, 5.74) is 2.49. The zero-order chi connectivity index (χ0) is 13.8. The fraction of sp³-hybridized carbons (Fsp3) is 0.625. The van der Waals surface area contributed by atoms with Gasteiger partial charge in [0.05, 0.1) is 10.7 Å². The highest BCUT2D eigenvalue weighted by Crippen LogP contribution is 2.35. The summed E-state index contributed by atoms with van der Waals surface area (Å²) >= 11 is 6.45. The molecule has 1 aromatic carbocycles. The molecule has 0 amide bonds. The highest BCUT2D eigenvalue weighted by molar-refractivity contribution is 6.33. The van der Waals surface area contributed by atoms with E-state index in [1.54, 1.807) is 0 Å². The van der Waals surface area contributed by atoms with Gasteiger partial charge in [0.25, 0.3) is 0 Å². The molecule has 1 aromatic rings. The predicted molar refractivity (Wildman–Crippen MR) is 84.0 cm³/mol. The van der Waals surface area contributed by atoms with Gasteiger partial charge < -0.3 is 10.2 Å². The van der Waals surface area contributed by atoms with Gasteiger partial charge in [-0.05, 0) is 37.4 Å². The molecule has 2 nitrogen and oxygen atoms in total. The third-order valence-corrected chi connectivity index (χ3v) is 4.55. The summed E-state index contributed by atoms with van der Waals surface area (Å²) in [6.45, 7) is 3.23. The van der Waals surface area contributed by atoms with Gasteiger partial charge in [-0.3, -0.25) is 0 Å². The Hall–Kier alpha value is -0.730. The first-order valence-electron chi connectivity index (χ1n) is 7.28. The molecule has 1 fully saturated rings. The average Bonchev–Trinajstić information content (AvgIpc) is 2.39. The Balaban J connectivity index is 2.24. The Morgan fingerprint density at radius 2 is 2.16 bits per heavy atom. The summed E-state index contributed by atoms with van der Waals surface area (Å²) in [7, 11) is 4.18. The molecule has 0 aliphatic heterocycles. The van der Waals surface area contributed by atoms with Crippen LogP contribution in [0, 0.1) is 5.92 Å². The number of para-hydroxylation sites is 1. The molecule has 2 unspecified atom stereocenters. The van der Waals surface area contributed by atoms with E-state index in [4.69, 9.17) is 11.6 Å². The van der Waals surface area contributed by atoms with Gasteiger partial charge in [-0.25, -0.2) is 0 Å². The quantitative estimate of drug-likeness (QED) is 0.894. The summed E-state index contributed by atoms with van der Waals surface area (Å²) in [4.78, 5) is 2.41. The molecule has 2 rings (SSSR count). The molecule has 1 aliphatic rings. The van der Waals surface area contributed by atoms with E-state index in [9.17, 15) is 0 Å². The largest absolute Gasteiger partial charge is 0.370 e. The van der Waals surface area contributed by atoms with Gasteiger partial charge in [-0.15, -0.1) is 0 Å². The van der Waals surface area contributed by atoms with Crippen molar-refractivity contribution in [3.8, 4) is 0 Å². The lowest BCUT2D eigenvalue weighted by atomic mass is 9.86. The Morgan fingerprint density at radius 3 is 2.84 bits per heavy atom. The number of benzene rings is 1. The van der Waals surface area contributed by atoms with Crippen molar-refractivity contribution in [2.24, 2.45) is 5.92 Å². The number of nitrogens with one attached hydrogen (secondary N) is 1. The van der Waals surface area contributed by atoms with Crippen LogP contribution in [0.25, 0.3) is 0 Å². The second-order valence-corrected chi connectivity index (χ2v) is 6.22. The maximum atomic E-state index is 6.45. The van der Waals surface area contributed by atoms with E-state index in [2.05, 4.69) is 30.3 Å². The fourth-order valence-corrected chi connectivity index (χ4v) is 3.55. The van der Waals surface area contributed by atoms with Crippen molar-refractivity contribution in [2.75, 3.05) is 19.0 Å². The highest BCUT2D eigenvalue weighted by atomic mass is 35.5. The molecule has 0 bridgehead atoms. The van der Waals surface area contributed by atoms with Gasteiger partial charge in [0.2, 0.25) is 0 Å². The maximum Gasteiger partial charge on any atom is 0.0642 e. The third kappa shape index (κ3) is 3.43. The Kier molecular flexibility index (Phi) is 5.12. The Labute approximate surface area is 122 Å². The van der Waals surface area contributed by atoms with Crippen LogP contribution in [0.5, 0.6) is 0 Å². The van der Waals surface area contributed by atoms with Crippen molar-refractivity contribution in [1.82, 2.24) is 5.32 Å². The monoisotopic (exact) mass is 280 g/mol. The van der Waals surface area contributed by atoms with Gasteiger partial charge in [0, 0.05) is 19.6 Å². The van der Waals surface area contributed by atoms with Crippen LogP contribution in [0.4, 0.5) is 5.69 Å². The number of nitrogens with zero attached hydrogens (tertiary/aromatic N) is 1. The summed E-state index contributed by atoms with van der Waals surface area (Å²) in [6.07, 6.45) is 5.27. The average molecular weight is 281 g/mol. The lowest BCUT2D eigenvalue weighted by Crippen LogP contribution is -2.36. The van der Waals surface area contributed by atoms with Crippen molar-refractivity contribution in [3.63, 3.8) is 0 Å². The molecule has 3 heteroatoms. The molecule has 106 valence electrons. The van der Waals surface area contributed by atoms with E-state index in [1.807, 2.05) is 19.2 Å². The molecule has 1 saturated carbocycles. The van der Waals surface area contributed by atoms with Gasteiger partial charge in [-0.2, -0.15) is 0 Å². The van der Waals surface area contributed by atoms with Crippen LogP contribution in [0.3, 0.4) is 0 Å². The number of halogens is 1. The molecular weight excluding hydrogens is 256 g/mol. The normalized spacial score (nSPS) is 23.4. The maximum absolute atomic E-state index is 6.45. The highest BCUT2D eigenvalue weighted by Gasteiger charge is 2.24. The number of anilines is 1. The van der Waals surface area contributed by atoms with Crippen molar-refractivity contribution >= 4 is 17.3 Å². The van der Waals surface area contributed by atoms with Crippen LogP contribution >= 0.6 is 11.6 Å². The fourth-order valence-electron chi connectivity index (χ4n) is 3.22. The molecular formula is C16H25ClN2. The molecule has 19 heavy (non-hydrogen) atoms. The first-order chi connectivity index (χ1) is 9.13. The Morgan fingerprint density at radius 1 is 1.37 bits per heavy atom. The van der Waals surface area contributed by atoms with Crippen LogP contribution in [0.15, 0.2) is 18.2 Å². The van der Waals surface area contributed by atoms with Crippen molar-refractivity contribution in [1.29, 1.82) is 0 Å². The van der Waals surface area contributed by atoms with Crippen LogP contribution in [0.1, 0.15) is 38.2 Å². The third-order valence-electron chi connectivity index (χ3n) is 4.25. The van der Waals surface area contributed by atoms with Gasteiger partial charge in [-0.1, -0.05) is 43.5 Å². The van der Waals surface area contributed by atoms with E-state index in [0.717, 1.165) is 17.5 Å². The zero-order valence-electron chi connectivity index (χ0n) is 12.2. The summed E-state index contributed by atoms with van der Waals surface area (Å²) in [6, 6.07) is 6.83. The van der Waals surface area contributed by atoms with Crippen molar-refractivity contribution < 1.29 is 0 Å². The molecule has 1 N–H and O–H groups in total. The molecule has 2 atom stereocenters. The number of hydrogen-bond acceptors (Lipinski definition) is 2. The van der Waals surface area contributed by atoms with Crippen LogP contribution in [0.2, 0.25) is 5.02 Å². The minimum atomic E-state index is 0.624. The van der Waals surface area contributed by atoms with E-state index in [-0.39, 0.29) is 0 Å². The minimum Gasteiger partial charge on any atom is -0.370 e. The first-order valence-corrected chi connectivity index (χ1v) is 7.66. The van der Waals surface area contributed by atoms with E-state index < -0.39 is 0 Å². The predicted octanol–water partition coefficient (Wildman–Crippen LogP) is 4.07. The molecule has 0 aromatic heterocycles. The first kappa shape index (κ1) is 14.7. The van der Waals surface area contributed by atoms with Gasteiger partial charge in [0.1, 0.15) is 0 Å². The second-order valence-electron chi connectivity index (χ2n) is 5.81. The summed E-state index contributed by atoms with van der Waals surface area (Å²) in [5.74, 6) is 0.830. The van der Waals surface area contributed by atoms with E-state index in [1.165, 1.54) is 36.9 Å². The lowest BCUT2D eigenvalue weighted by molar-refractivity contribution is 0.336. The van der Waals surface area contributed by atoms with Crippen molar-refractivity contribution in [2.45, 2.75) is 45.2 Å². The van der Waals surface area contributed by atoms with E-state index in [0.29, 0.717) is 6.04 Å². The SMILES string of the molecule is CNCc1cccc(Cl)c1N(C)C1CCCC(C)C1.